The number of aromatic nitrogens is 1. The van der Waals surface area contributed by atoms with Crippen molar-refractivity contribution >= 4 is 16.5 Å². The van der Waals surface area contributed by atoms with Crippen molar-refractivity contribution < 1.29 is 0 Å². The lowest BCUT2D eigenvalue weighted by atomic mass is 10.1. The van der Waals surface area contributed by atoms with E-state index in [1.54, 1.807) is 0 Å². The van der Waals surface area contributed by atoms with Crippen LogP contribution in [0.15, 0.2) is 0 Å². The van der Waals surface area contributed by atoms with Crippen LogP contribution in [0.1, 0.15) is 37.4 Å². The van der Waals surface area contributed by atoms with E-state index >= 15 is 0 Å². The first-order valence-electron chi connectivity index (χ1n) is 5.35. The lowest BCUT2D eigenvalue weighted by Crippen LogP contribution is -2.21. The van der Waals surface area contributed by atoms with Crippen LogP contribution in [0.4, 0.5) is 5.00 Å². The van der Waals surface area contributed by atoms with Crippen molar-refractivity contribution in [1.29, 1.82) is 5.26 Å². The van der Waals surface area contributed by atoms with Gasteiger partial charge in [0.2, 0.25) is 0 Å². The number of nitrogens with one attached hydrogen (secondary N) is 1. The average Bonchev–Trinajstić information content (AvgIpc) is 2.76. The number of nitriles is 1. The summed E-state index contributed by atoms with van der Waals surface area (Å²) in [6.45, 7) is 4.16. The maximum atomic E-state index is 9.00. The molecule has 4 heteroatoms. The van der Waals surface area contributed by atoms with Crippen molar-refractivity contribution in [2.24, 2.45) is 5.92 Å². The summed E-state index contributed by atoms with van der Waals surface area (Å²) in [6, 6.07) is 2.74. The summed E-state index contributed by atoms with van der Waals surface area (Å²) in [5.41, 5.74) is 1.56. The highest BCUT2D eigenvalue weighted by atomic mass is 32.1. The Hall–Kier alpha value is -1.08. The van der Waals surface area contributed by atoms with E-state index in [9.17, 15) is 0 Å². The quantitative estimate of drug-likeness (QED) is 0.835. The Labute approximate surface area is 94.3 Å². The fraction of sp³-hybridized carbons (Fsp3) is 0.636. The second kappa shape index (κ2) is 4.19. The first-order valence-corrected chi connectivity index (χ1v) is 6.12. The molecule has 80 valence electrons. The number of rotatable bonds is 2. The van der Waals surface area contributed by atoms with Gasteiger partial charge in [0.1, 0.15) is 16.6 Å². The summed E-state index contributed by atoms with van der Waals surface area (Å²) in [6.07, 6.45) is 3.79. The van der Waals surface area contributed by atoms with E-state index in [1.807, 2.05) is 6.92 Å². The third-order valence-electron chi connectivity index (χ3n) is 3.15. The Morgan fingerprint density at radius 1 is 1.53 bits per heavy atom. The lowest BCUT2D eigenvalue weighted by molar-refractivity contribution is 0.557. The molecule has 0 aromatic carbocycles. The van der Waals surface area contributed by atoms with Gasteiger partial charge in [0.25, 0.3) is 0 Å². The molecule has 2 unspecified atom stereocenters. The molecule has 0 saturated heterocycles. The van der Waals surface area contributed by atoms with Crippen LogP contribution in [0.2, 0.25) is 0 Å². The predicted molar refractivity (Wildman–Crippen MR) is 62.0 cm³/mol. The fourth-order valence-corrected chi connectivity index (χ4v) is 2.94. The van der Waals surface area contributed by atoms with Crippen LogP contribution in [0.25, 0.3) is 0 Å². The van der Waals surface area contributed by atoms with Gasteiger partial charge >= 0.3 is 0 Å². The van der Waals surface area contributed by atoms with Crippen LogP contribution in [-0.2, 0) is 0 Å². The van der Waals surface area contributed by atoms with Crippen molar-refractivity contribution in [2.75, 3.05) is 5.32 Å². The first-order chi connectivity index (χ1) is 7.22. The molecule has 1 saturated carbocycles. The zero-order valence-electron chi connectivity index (χ0n) is 9.08. The Balaban J connectivity index is 2.14. The Morgan fingerprint density at radius 3 is 2.93 bits per heavy atom. The van der Waals surface area contributed by atoms with E-state index < -0.39 is 0 Å². The number of anilines is 1. The smallest absolute Gasteiger partial charge is 0.127 e. The number of nitrogens with zero attached hydrogens (tertiary/aromatic N) is 2. The summed E-state index contributed by atoms with van der Waals surface area (Å²) in [5, 5.41) is 13.4. The number of hydrogen-bond acceptors (Lipinski definition) is 4. The zero-order valence-corrected chi connectivity index (χ0v) is 9.90. The van der Waals surface area contributed by atoms with E-state index in [-0.39, 0.29) is 0 Å². The SMILES string of the molecule is Cc1nsc(NC2CCCC2C)c1C#N. The standard InChI is InChI=1S/C11H15N3S/c1-7-4-3-5-10(7)13-11-9(6-12)8(2)14-15-11/h7,10,13H,3-5H2,1-2H3. The molecule has 0 amide bonds. The van der Waals surface area contributed by atoms with Crippen LogP contribution in [0.5, 0.6) is 0 Å². The van der Waals surface area contributed by atoms with Crippen LogP contribution >= 0.6 is 11.5 Å². The molecule has 2 atom stereocenters. The monoisotopic (exact) mass is 221 g/mol. The molecule has 1 aromatic heterocycles. The minimum Gasteiger partial charge on any atom is -0.372 e. The molecule has 1 N–H and O–H groups in total. The van der Waals surface area contributed by atoms with Gasteiger partial charge < -0.3 is 5.32 Å². The molecular formula is C11H15N3S. The van der Waals surface area contributed by atoms with Crippen LogP contribution < -0.4 is 5.32 Å². The summed E-state index contributed by atoms with van der Waals surface area (Å²) in [5.74, 6) is 0.707. The molecule has 1 heterocycles. The van der Waals surface area contributed by atoms with Crippen molar-refractivity contribution in [1.82, 2.24) is 4.37 Å². The normalized spacial score (nSPS) is 25.1. The molecular weight excluding hydrogens is 206 g/mol. The van der Waals surface area contributed by atoms with Crippen LogP contribution in [0.3, 0.4) is 0 Å². The summed E-state index contributed by atoms with van der Waals surface area (Å²) in [4.78, 5) is 0. The summed E-state index contributed by atoms with van der Waals surface area (Å²) in [7, 11) is 0. The van der Waals surface area contributed by atoms with Gasteiger partial charge in [-0.25, -0.2) is 0 Å². The molecule has 1 fully saturated rings. The summed E-state index contributed by atoms with van der Waals surface area (Å²) >= 11 is 1.41. The molecule has 1 aromatic rings. The maximum absolute atomic E-state index is 9.00. The fourth-order valence-electron chi connectivity index (χ4n) is 2.13. The number of aryl methyl sites for hydroxylation is 1. The molecule has 0 aliphatic heterocycles. The minimum absolute atomic E-state index is 0.525. The molecule has 3 nitrogen and oxygen atoms in total. The molecule has 0 bridgehead atoms. The van der Waals surface area contributed by atoms with E-state index in [0.29, 0.717) is 12.0 Å². The van der Waals surface area contributed by atoms with Gasteiger partial charge in [-0.2, -0.15) is 9.64 Å². The Bertz CT molecular complexity index is 391. The van der Waals surface area contributed by atoms with Crippen molar-refractivity contribution in [3.63, 3.8) is 0 Å². The molecule has 1 aliphatic rings. The van der Waals surface area contributed by atoms with Gasteiger partial charge in [-0.3, -0.25) is 0 Å². The maximum Gasteiger partial charge on any atom is 0.127 e. The van der Waals surface area contributed by atoms with E-state index in [2.05, 4.69) is 22.7 Å². The van der Waals surface area contributed by atoms with Crippen molar-refractivity contribution in [3.05, 3.63) is 11.3 Å². The topological polar surface area (TPSA) is 48.7 Å². The van der Waals surface area contributed by atoms with Gasteiger partial charge in [-0.15, -0.1) is 0 Å². The Kier molecular flexibility index (Phi) is 2.92. The van der Waals surface area contributed by atoms with E-state index in [1.165, 1.54) is 30.8 Å². The third-order valence-corrected chi connectivity index (χ3v) is 4.02. The van der Waals surface area contributed by atoms with Gasteiger partial charge in [0.15, 0.2) is 0 Å². The highest BCUT2D eigenvalue weighted by molar-refractivity contribution is 7.10. The highest BCUT2D eigenvalue weighted by Gasteiger charge is 2.24. The molecule has 2 rings (SSSR count). The highest BCUT2D eigenvalue weighted by Crippen LogP contribution is 2.31. The van der Waals surface area contributed by atoms with Gasteiger partial charge in [0.05, 0.1) is 5.69 Å². The van der Waals surface area contributed by atoms with E-state index in [0.717, 1.165) is 16.3 Å². The van der Waals surface area contributed by atoms with Crippen molar-refractivity contribution in [3.8, 4) is 6.07 Å². The van der Waals surface area contributed by atoms with Crippen LogP contribution in [-0.4, -0.2) is 10.4 Å². The first kappa shape index (κ1) is 10.4. The lowest BCUT2D eigenvalue weighted by Gasteiger charge is -2.16. The molecule has 1 aliphatic carbocycles. The minimum atomic E-state index is 0.525. The molecule has 0 spiro atoms. The van der Waals surface area contributed by atoms with Gasteiger partial charge in [-0.05, 0) is 37.2 Å². The zero-order chi connectivity index (χ0) is 10.8. The van der Waals surface area contributed by atoms with Gasteiger partial charge in [0, 0.05) is 6.04 Å². The number of hydrogen-bond donors (Lipinski definition) is 1. The Morgan fingerprint density at radius 2 is 2.33 bits per heavy atom. The molecule has 0 radical (unpaired) electrons. The third kappa shape index (κ3) is 1.98. The summed E-state index contributed by atoms with van der Waals surface area (Å²) < 4.78 is 4.21. The van der Waals surface area contributed by atoms with Gasteiger partial charge in [-0.1, -0.05) is 13.3 Å². The molecule has 15 heavy (non-hydrogen) atoms. The second-order valence-electron chi connectivity index (χ2n) is 4.24. The van der Waals surface area contributed by atoms with Crippen LogP contribution in [0, 0.1) is 24.2 Å². The average molecular weight is 221 g/mol. The predicted octanol–water partition coefficient (Wildman–Crippen LogP) is 2.92. The van der Waals surface area contributed by atoms with E-state index in [4.69, 9.17) is 5.26 Å². The van der Waals surface area contributed by atoms with Crippen molar-refractivity contribution in [2.45, 2.75) is 39.2 Å². The largest absolute Gasteiger partial charge is 0.372 e. The second-order valence-corrected chi connectivity index (χ2v) is 5.02.